The molecule has 1 aromatic heterocycles. The van der Waals surface area contributed by atoms with Crippen LogP contribution in [0.4, 0.5) is 5.69 Å². The van der Waals surface area contributed by atoms with Gasteiger partial charge in [0.1, 0.15) is 0 Å². The van der Waals surface area contributed by atoms with Gasteiger partial charge in [0.2, 0.25) is 0 Å². The number of nitrogens with two attached hydrogens (primary N) is 2. The van der Waals surface area contributed by atoms with Crippen LogP contribution in [0.1, 0.15) is 18.7 Å². The minimum Gasteiger partial charge on any atom is -0.397 e. The van der Waals surface area contributed by atoms with Crippen molar-refractivity contribution in [1.29, 1.82) is 0 Å². The van der Waals surface area contributed by atoms with E-state index in [9.17, 15) is 0 Å². The number of nitrogens with zero attached hydrogens (tertiary/aromatic N) is 1. The van der Waals surface area contributed by atoms with Crippen LogP contribution in [-0.4, -0.2) is 4.98 Å². The average Bonchev–Trinajstić information content (AvgIpc) is 2.16. The predicted octanol–water partition coefficient (Wildman–Crippen LogP) is 1.84. The van der Waals surface area contributed by atoms with Gasteiger partial charge in [-0.25, -0.2) is 4.98 Å². The lowest BCUT2D eigenvalue weighted by Crippen LogP contribution is -2.10. The highest BCUT2D eigenvalue weighted by molar-refractivity contribution is 5.82. The Morgan fingerprint density at radius 3 is 2.71 bits per heavy atom. The molecular formula is C11H13N3. The molecule has 0 saturated carbocycles. The number of nitrogen functional groups attached to an aromatic ring is 1. The number of hydrogen-bond acceptors (Lipinski definition) is 3. The molecule has 2 rings (SSSR count). The molecule has 0 radical (unpaired) electrons. The molecule has 2 aromatic rings. The zero-order valence-corrected chi connectivity index (χ0v) is 8.07. The molecule has 0 unspecified atom stereocenters. The van der Waals surface area contributed by atoms with Crippen molar-refractivity contribution >= 4 is 16.6 Å². The van der Waals surface area contributed by atoms with Gasteiger partial charge >= 0.3 is 0 Å². The molecule has 72 valence electrons. The molecular weight excluding hydrogens is 174 g/mol. The first kappa shape index (κ1) is 8.97. The zero-order valence-electron chi connectivity index (χ0n) is 8.07. The first-order valence-corrected chi connectivity index (χ1v) is 4.59. The van der Waals surface area contributed by atoms with E-state index in [2.05, 4.69) is 4.98 Å². The van der Waals surface area contributed by atoms with Gasteiger partial charge in [0, 0.05) is 11.4 Å². The van der Waals surface area contributed by atoms with E-state index in [1.807, 2.05) is 37.3 Å². The molecule has 0 aliphatic carbocycles. The van der Waals surface area contributed by atoms with Gasteiger partial charge in [-0.3, -0.25) is 0 Å². The summed E-state index contributed by atoms with van der Waals surface area (Å²) in [5.41, 5.74) is 14.0. The number of pyridine rings is 1. The summed E-state index contributed by atoms with van der Waals surface area (Å²) >= 11 is 0. The Hall–Kier alpha value is -1.61. The summed E-state index contributed by atoms with van der Waals surface area (Å²) in [6.07, 6.45) is 0. The number of fused-ring (bicyclic) bond motifs is 1. The highest BCUT2D eigenvalue weighted by Gasteiger charge is 2.07. The van der Waals surface area contributed by atoms with E-state index in [0.29, 0.717) is 5.69 Å². The Balaban J connectivity index is 2.71. The van der Waals surface area contributed by atoms with Crippen molar-refractivity contribution in [3.63, 3.8) is 0 Å². The minimum absolute atomic E-state index is 0.125. The van der Waals surface area contributed by atoms with Gasteiger partial charge in [0.25, 0.3) is 0 Å². The lowest BCUT2D eigenvalue weighted by molar-refractivity contribution is 0.790. The van der Waals surface area contributed by atoms with Crippen LogP contribution in [0.5, 0.6) is 0 Å². The van der Waals surface area contributed by atoms with Crippen LogP contribution in [0.3, 0.4) is 0 Å². The van der Waals surface area contributed by atoms with Crippen LogP contribution in [-0.2, 0) is 0 Å². The number of hydrogen-bond donors (Lipinski definition) is 2. The van der Waals surface area contributed by atoms with Crippen LogP contribution in [0.15, 0.2) is 30.3 Å². The van der Waals surface area contributed by atoms with E-state index >= 15 is 0 Å². The predicted molar refractivity (Wildman–Crippen MR) is 58.8 cm³/mol. The number of para-hydroxylation sites is 1. The molecule has 1 atom stereocenters. The molecule has 0 bridgehead atoms. The molecule has 4 N–H and O–H groups in total. The van der Waals surface area contributed by atoms with Gasteiger partial charge in [-0.2, -0.15) is 0 Å². The fourth-order valence-electron chi connectivity index (χ4n) is 1.51. The average molecular weight is 187 g/mol. The largest absolute Gasteiger partial charge is 0.397 e. The Bertz CT molecular complexity index is 463. The molecule has 0 aliphatic rings. The van der Waals surface area contributed by atoms with Crippen molar-refractivity contribution in [2.75, 3.05) is 5.73 Å². The second-order valence-electron chi connectivity index (χ2n) is 3.44. The van der Waals surface area contributed by atoms with Crippen molar-refractivity contribution in [3.8, 4) is 0 Å². The summed E-state index contributed by atoms with van der Waals surface area (Å²) in [5, 5.41) is 1.05. The molecule has 14 heavy (non-hydrogen) atoms. The van der Waals surface area contributed by atoms with Crippen LogP contribution in [0, 0.1) is 0 Å². The van der Waals surface area contributed by atoms with Crippen LogP contribution in [0.2, 0.25) is 0 Å². The lowest BCUT2D eigenvalue weighted by atomic mass is 10.1. The van der Waals surface area contributed by atoms with Gasteiger partial charge in [0.15, 0.2) is 0 Å². The number of aromatic nitrogens is 1. The minimum atomic E-state index is -0.125. The molecule has 3 heteroatoms. The molecule has 0 amide bonds. The third-order valence-corrected chi connectivity index (χ3v) is 2.22. The lowest BCUT2D eigenvalue weighted by Gasteiger charge is -2.09. The number of anilines is 1. The van der Waals surface area contributed by atoms with Gasteiger partial charge in [-0.1, -0.05) is 18.2 Å². The first-order chi connectivity index (χ1) is 6.68. The van der Waals surface area contributed by atoms with E-state index in [-0.39, 0.29) is 6.04 Å². The Labute approximate surface area is 82.7 Å². The van der Waals surface area contributed by atoms with Crippen molar-refractivity contribution in [3.05, 3.63) is 36.0 Å². The van der Waals surface area contributed by atoms with E-state index < -0.39 is 0 Å². The van der Waals surface area contributed by atoms with Crippen molar-refractivity contribution < 1.29 is 0 Å². The molecule has 0 fully saturated rings. The van der Waals surface area contributed by atoms with E-state index in [1.54, 1.807) is 0 Å². The van der Waals surface area contributed by atoms with Crippen LogP contribution < -0.4 is 11.5 Å². The first-order valence-electron chi connectivity index (χ1n) is 4.59. The van der Waals surface area contributed by atoms with Gasteiger partial charge < -0.3 is 11.5 Å². The van der Waals surface area contributed by atoms with Crippen LogP contribution in [0.25, 0.3) is 10.9 Å². The third kappa shape index (κ3) is 1.42. The van der Waals surface area contributed by atoms with E-state index in [4.69, 9.17) is 11.5 Å². The Kier molecular flexibility index (Phi) is 2.09. The van der Waals surface area contributed by atoms with Crippen LogP contribution >= 0.6 is 0 Å². The monoisotopic (exact) mass is 187 g/mol. The number of benzene rings is 1. The van der Waals surface area contributed by atoms with Gasteiger partial charge in [0.05, 0.1) is 16.9 Å². The molecule has 3 nitrogen and oxygen atoms in total. The number of rotatable bonds is 1. The van der Waals surface area contributed by atoms with Gasteiger partial charge in [-0.05, 0) is 19.1 Å². The van der Waals surface area contributed by atoms with E-state index in [0.717, 1.165) is 16.6 Å². The molecule has 0 saturated heterocycles. The summed E-state index contributed by atoms with van der Waals surface area (Å²) < 4.78 is 0. The second-order valence-corrected chi connectivity index (χ2v) is 3.44. The fourth-order valence-corrected chi connectivity index (χ4v) is 1.51. The molecule has 0 spiro atoms. The summed E-state index contributed by atoms with van der Waals surface area (Å²) in [4.78, 5) is 4.42. The van der Waals surface area contributed by atoms with Crippen molar-refractivity contribution in [2.24, 2.45) is 5.73 Å². The Morgan fingerprint density at radius 2 is 2.00 bits per heavy atom. The Morgan fingerprint density at radius 1 is 1.29 bits per heavy atom. The topological polar surface area (TPSA) is 64.9 Å². The van der Waals surface area contributed by atoms with E-state index in [1.165, 1.54) is 0 Å². The highest BCUT2D eigenvalue weighted by Crippen LogP contribution is 2.21. The third-order valence-electron chi connectivity index (χ3n) is 2.22. The SMILES string of the molecule is C[C@@H](N)c1nc2ccccc2cc1N. The maximum atomic E-state index is 5.85. The normalized spacial score (nSPS) is 13.0. The maximum Gasteiger partial charge on any atom is 0.0804 e. The van der Waals surface area contributed by atoms with Gasteiger partial charge in [-0.15, -0.1) is 0 Å². The fraction of sp³-hybridized carbons (Fsp3) is 0.182. The maximum absolute atomic E-state index is 5.85. The smallest absolute Gasteiger partial charge is 0.0804 e. The summed E-state index contributed by atoms with van der Waals surface area (Å²) in [5.74, 6) is 0. The van der Waals surface area contributed by atoms with Crippen molar-refractivity contribution in [2.45, 2.75) is 13.0 Å². The molecule has 0 aliphatic heterocycles. The zero-order chi connectivity index (χ0) is 10.1. The summed E-state index contributed by atoms with van der Waals surface area (Å²) in [6.45, 7) is 1.88. The second kappa shape index (κ2) is 3.27. The van der Waals surface area contributed by atoms with Crippen molar-refractivity contribution in [1.82, 2.24) is 4.98 Å². The highest BCUT2D eigenvalue weighted by atomic mass is 14.8. The summed E-state index contributed by atoms with van der Waals surface area (Å²) in [6, 6.07) is 9.66. The standard InChI is InChI=1S/C11H13N3/c1-7(12)11-9(13)6-8-4-2-3-5-10(8)14-11/h2-7H,12-13H2,1H3/t7-/m1/s1. The summed E-state index contributed by atoms with van der Waals surface area (Å²) in [7, 11) is 0. The quantitative estimate of drug-likeness (QED) is 0.715. The molecule has 1 heterocycles. The molecule has 1 aromatic carbocycles.